The van der Waals surface area contributed by atoms with Gasteiger partial charge < -0.3 is 5.73 Å². The van der Waals surface area contributed by atoms with E-state index in [0.29, 0.717) is 18.6 Å². The minimum absolute atomic E-state index is 0.380. The Balaban J connectivity index is 2.04. The summed E-state index contributed by atoms with van der Waals surface area (Å²) in [5, 5.41) is 0. The van der Waals surface area contributed by atoms with Gasteiger partial charge in [-0.25, -0.2) is 0 Å². The molecule has 2 atom stereocenters. The van der Waals surface area contributed by atoms with Crippen LogP contribution < -0.4 is 5.73 Å². The van der Waals surface area contributed by atoms with Crippen LogP contribution in [0.15, 0.2) is 36.4 Å². The predicted molar refractivity (Wildman–Crippen MR) is 83.0 cm³/mol. The first kappa shape index (κ1) is 14.3. The van der Waals surface area contributed by atoms with E-state index >= 15 is 0 Å². The molecule has 1 aliphatic rings. The van der Waals surface area contributed by atoms with Gasteiger partial charge in [-0.2, -0.15) is 0 Å². The van der Waals surface area contributed by atoms with Crippen molar-refractivity contribution in [2.75, 3.05) is 13.1 Å². The molecule has 2 heteroatoms. The van der Waals surface area contributed by atoms with Crippen LogP contribution >= 0.6 is 0 Å². The molecule has 1 fully saturated rings. The molecule has 0 saturated carbocycles. The summed E-state index contributed by atoms with van der Waals surface area (Å²) in [5.41, 5.74) is 7.25. The fourth-order valence-corrected chi connectivity index (χ4v) is 3.01. The van der Waals surface area contributed by atoms with Crippen LogP contribution in [-0.4, -0.2) is 30.1 Å². The summed E-state index contributed by atoms with van der Waals surface area (Å²) in [7, 11) is 0. The Bertz CT molecular complexity index is 386. The average Bonchev–Trinajstić information content (AvgIpc) is 2.49. The number of nitrogens with two attached hydrogens (primary N) is 1. The lowest BCUT2D eigenvalue weighted by Gasteiger charge is -2.39. The lowest BCUT2D eigenvalue weighted by Crippen LogP contribution is -2.48. The molecule has 0 amide bonds. The van der Waals surface area contributed by atoms with E-state index in [1.165, 1.54) is 37.8 Å². The molecule has 104 valence electrons. The van der Waals surface area contributed by atoms with Crippen molar-refractivity contribution in [3.8, 4) is 0 Å². The van der Waals surface area contributed by atoms with Gasteiger partial charge in [0, 0.05) is 18.6 Å². The van der Waals surface area contributed by atoms with Crippen molar-refractivity contribution in [2.24, 2.45) is 5.73 Å². The Morgan fingerprint density at radius 2 is 2.11 bits per heavy atom. The Hall–Kier alpha value is -1.12. The van der Waals surface area contributed by atoms with Crippen molar-refractivity contribution in [3.63, 3.8) is 0 Å². The number of nitrogens with zero attached hydrogens (tertiary/aromatic N) is 1. The number of benzene rings is 1. The molecule has 0 radical (unpaired) electrons. The zero-order valence-electron chi connectivity index (χ0n) is 12.0. The molecule has 1 aliphatic heterocycles. The topological polar surface area (TPSA) is 29.3 Å². The van der Waals surface area contributed by atoms with Crippen molar-refractivity contribution < 1.29 is 0 Å². The number of likely N-dealkylation sites (tertiary alicyclic amines) is 1. The zero-order chi connectivity index (χ0) is 13.5. The van der Waals surface area contributed by atoms with Crippen molar-refractivity contribution in [2.45, 2.75) is 44.7 Å². The standard InChI is InChI=1S/C17H26N2/c1-2-16-10-6-7-13-19(16)17(14-18)12-11-15-8-4-3-5-9-15/h3-5,8-9,11-12,16-17H,2,6-7,10,13-14,18H2,1H3/b12-11-. The highest BCUT2D eigenvalue weighted by molar-refractivity contribution is 5.49. The molecule has 2 nitrogen and oxygen atoms in total. The van der Waals surface area contributed by atoms with E-state index in [0.717, 1.165) is 0 Å². The largest absolute Gasteiger partial charge is 0.329 e. The van der Waals surface area contributed by atoms with Gasteiger partial charge in [0.05, 0.1) is 0 Å². The van der Waals surface area contributed by atoms with Gasteiger partial charge in [-0.3, -0.25) is 4.90 Å². The van der Waals surface area contributed by atoms with Crippen molar-refractivity contribution in [1.82, 2.24) is 4.90 Å². The van der Waals surface area contributed by atoms with E-state index in [4.69, 9.17) is 5.73 Å². The molecule has 1 aromatic carbocycles. The first-order valence-corrected chi connectivity index (χ1v) is 7.54. The van der Waals surface area contributed by atoms with Gasteiger partial charge in [0.2, 0.25) is 0 Å². The third kappa shape index (κ3) is 3.92. The fourth-order valence-electron chi connectivity index (χ4n) is 3.01. The molecule has 0 bridgehead atoms. The van der Waals surface area contributed by atoms with Gasteiger partial charge in [0.25, 0.3) is 0 Å². The smallest absolute Gasteiger partial charge is 0.0407 e. The monoisotopic (exact) mass is 258 g/mol. The third-order valence-corrected chi connectivity index (χ3v) is 4.12. The van der Waals surface area contributed by atoms with Gasteiger partial charge in [-0.1, -0.05) is 55.8 Å². The maximum atomic E-state index is 5.99. The van der Waals surface area contributed by atoms with E-state index in [9.17, 15) is 0 Å². The molecule has 1 aromatic rings. The van der Waals surface area contributed by atoms with Crippen LogP contribution in [-0.2, 0) is 0 Å². The summed E-state index contributed by atoms with van der Waals surface area (Å²) in [4.78, 5) is 2.60. The highest BCUT2D eigenvalue weighted by atomic mass is 15.2. The molecule has 0 aromatic heterocycles. The Morgan fingerprint density at radius 1 is 1.32 bits per heavy atom. The lowest BCUT2D eigenvalue weighted by molar-refractivity contribution is 0.117. The summed E-state index contributed by atoms with van der Waals surface area (Å²) < 4.78 is 0. The molecular weight excluding hydrogens is 232 g/mol. The molecule has 2 unspecified atom stereocenters. The summed E-state index contributed by atoms with van der Waals surface area (Å²) >= 11 is 0. The number of hydrogen-bond donors (Lipinski definition) is 1. The first-order chi connectivity index (χ1) is 9.35. The second-order valence-electron chi connectivity index (χ2n) is 5.37. The second-order valence-corrected chi connectivity index (χ2v) is 5.37. The Labute approximate surface area is 117 Å². The summed E-state index contributed by atoms with van der Waals surface area (Å²) in [6, 6.07) is 11.6. The summed E-state index contributed by atoms with van der Waals surface area (Å²) in [5.74, 6) is 0. The number of piperidine rings is 1. The van der Waals surface area contributed by atoms with Gasteiger partial charge in [-0.15, -0.1) is 0 Å². The van der Waals surface area contributed by atoms with Crippen LogP contribution in [0.25, 0.3) is 6.08 Å². The van der Waals surface area contributed by atoms with Gasteiger partial charge in [0.1, 0.15) is 0 Å². The second kappa shape index (κ2) is 7.46. The minimum Gasteiger partial charge on any atom is -0.329 e. The highest BCUT2D eigenvalue weighted by Crippen LogP contribution is 2.22. The van der Waals surface area contributed by atoms with E-state index < -0.39 is 0 Å². The van der Waals surface area contributed by atoms with Crippen LogP contribution in [0.1, 0.15) is 38.2 Å². The Kier molecular flexibility index (Phi) is 5.62. The normalized spacial score (nSPS) is 22.7. The molecule has 1 heterocycles. The van der Waals surface area contributed by atoms with Crippen LogP contribution in [0.5, 0.6) is 0 Å². The molecule has 0 spiro atoms. The van der Waals surface area contributed by atoms with E-state index in [1.807, 2.05) is 0 Å². The van der Waals surface area contributed by atoms with Crippen molar-refractivity contribution in [3.05, 3.63) is 42.0 Å². The fraction of sp³-hybridized carbons (Fsp3) is 0.529. The SMILES string of the molecule is CCC1CCCCN1C(/C=C\c1ccccc1)CN. The molecule has 1 saturated heterocycles. The van der Waals surface area contributed by atoms with E-state index in [1.54, 1.807) is 0 Å². The van der Waals surface area contributed by atoms with Gasteiger partial charge in [-0.05, 0) is 31.4 Å². The zero-order valence-corrected chi connectivity index (χ0v) is 12.0. The highest BCUT2D eigenvalue weighted by Gasteiger charge is 2.25. The van der Waals surface area contributed by atoms with Gasteiger partial charge >= 0.3 is 0 Å². The molecule has 19 heavy (non-hydrogen) atoms. The quantitative estimate of drug-likeness (QED) is 0.878. The van der Waals surface area contributed by atoms with Crippen molar-refractivity contribution >= 4 is 6.08 Å². The third-order valence-electron chi connectivity index (χ3n) is 4.12. The minimum atomic E-state index is 0.380. The Morgan fingerprint density at radius 3 is 2.79 bits per heavy atom. The molecule has 2 rings (SSSR count). The lowest BCUT2D eigenvalue weighted by atomic mass is 9.97. The predicted octanol–water partition coefficient (Wildman–Crippen LogP) is 3.29. The first-order valence-electron chi connectivity index (χ1n) is 7.54. The van der Waals surface area contributed by atoms with Crippen LogP contribution in [0.2, 0.25) is 0 Å². The maximum absolute atomic E-state index is 5.99. The van der Waals surface area contributed by atoms with Crippen LogP contribution in [0.4, 0.5) is 0 Å². The molecule has 0 aliphatic carbocycles. The average molecular weight is 258 g/mol. The van der Waals surface area contributed by atoms with E-state index in [2.05, 4.69) is 54.3 Å². The summed E-state index contributed by atoms with van der Waals surface area (Å²) in [6.07, 6.45) is 9.73. The number of hydrogen-bond acceptors (Lipinski definition) is 2. The molecule has 2 N–H and O–H groups in total. The van der Waals surface area contributed by atoms with Gasteiger partial charge in [0.15, 0.2) is 0 Å². The van der Waals surface area contributed by atoms with E-state index in [-0.39, 0.29) is 0 Å². The van der Waals surface area contributed by atoms with Crippen LogP contribution in [0.3, 0.4) is 0 Å². The molecular formula is C17H26N2. The number of rotatable bonds is 5. The maximum Gasteiger partial charge on any atom is 0.0407 e. The van der Waals surface area contributed by atoms with Crippen LogP contribution in [0, 0.1) is 0 Å². The van der Waals surface area contributed by atoms with Crippen molar-refractivity contribution in [1.29, 1.82) is 0 Å². The summed E-state index contributed by atoms with van der Waals surface area (Å²) in [6.45, 7) is 4.19.